The molecule has 5 rings (SSSR count). The first-order valence-corrected chi connectivity index (χ1v) is 11.6. The summed E-state index contributed by atoms with van der Waals surface area (Å²) in [6.07, 6.45) is 0. The predicted octanol–water partition coefficient (Wildman–Crippen LogP) is 3.06. The summed E-state index contributed by atoms with van der Waals surface area (Å²) >= 11 is 1.32. The van der Waals surface area contributed by atoms with E-state index in [1.165, 1.54) is 23.5 Å². The van der Waals surface area contributed by atoms with Crippen molar-refractivity contribution in [2.45, 2.75) is 10.9 Å². The van der Waals surface area contributed by atoms with Crippen LogP contribution in [0.1, 0.15) is 0 Å². The molecule has 3 N–H and O–H groups in total. The second-order valence-corrected chi connectivity index (χ2v) is 9.72. The number of hydrogen-bond acceptors (Lipinski definition) is 7. The van der Waals surface area contributed by atoms with Gasteiger partial charge in [0.15, 0.2) is 0 Å². The van der Waals surface area contributed by atoms with Gasteiger partial charge in [-0.3, -0.25) is 4.79 Å². The Hall–Kier alpha value is -2.92. The predicted molar refractivity (Wildman–Crippen MR) is 118 cm³/mol. The van der Waals surface area contributed by atoms with Crippen LogP contribution in [0.15, 0.2) is 62.7 Å². The van der Waals surface area contributed by atoms with Gasteiger partial charge in [-0.05, 0) is 46.5 Å². The zero-order valence-electron chi connectivity index (χ0n) is 15.5. The lowest BCUT2D eigenvalue weighted by Crippen LogP contribution is -2.56. The average molecular weight is 441 g/mol. The van der Waals surface area contributed by atoms with Crippen LogP contribution in [0.2, 0.25) is 0 Å². The van der Waals surface area contributed by atoms with Crippen LogP contribution in [0, 0.1) is 4.91 Å². The molecule has 0 atom stereocenters. The van der Waals surface area contributed by atoms with Crippen molar-refractivity contribution in [3.63, 3.8) is 0 Å². The van der Waals surface area contributed by atoms with Gasteiger partial charge in [-0.1, -0.05) is 12.1 Å². The van der Waals surface area contributed by atoms with Crippen molar-refractivity contribution in [1.82, 2.24) is 15.0 Å². The molecule has 0 bridgehead atoms. The summed E-state index contributed by atoms with van der Waals surface area (Å²) in [5.74, 6) is 0. The fraction of sp³-hybridized carbons (Fsp3) is 0.150. The second kappa shape index (κ2) is 7.10. The number of H-pyrrole nitrogens is 1. The molecular weight excluding hydrogens is 424 g/mol. The van der Waals surface area contributed by atoms with Crippen LogP contribution in [0.3, 0.4) is 0 Å². The minimum Gasteiger partial charge on any atom is -0.321 e. The molecule has 3 heterocycles. The van der Waals surface area contributed by atoms with E-state index in [4.69, 9.17) is 0 Å². The molecule has 8 nitrogen and oxygen atoms in total. The molecule has 152 valence electrons. The van der Waals surface area contributed by atoms with Gasteiger partial charge in [0, 0.05) is 41.0 Å². The standard InChI is InChI=1S/C20H16N4O4S2/c25-20-19-14(7-8-29-19)18-15(22-20)5-6-16(23-26)17(18)11-1-3-13(4-2-11)30(27,28)24-12-9-21-10-12/h1-8,12,21,24H,9-10H2,(H,22,25). The van der Waals surface area contributed by atoms with E-state index in [0.29, 0.717) is 39.8 Å². The van der Waals surface area contributed by atoms with Crippen LogP contribution in [0.4, 0.5) is 5.69 Å². The zero-order valence-corrected chi connectivity index (χ0v) is 17.1. The Balaban J connectivity index is 1.68. The molecule has 30 heavy (non-hydrogen) atoms. The lowest BCUT2D eigenvalue weighted by atomic mass is 9.97. The number of fused-ring (bicyclic) bond motifs is 3. The largest absolute Gasteiger partial charge is 0.321 e. The molecule has 0 radical (unpaired) electrons. The van der Waals surface area contributed by atoms with Crippen LogP contribution in [-0.2, 0) is 10.0 Å². The van der Waals surface area contributed by atoms with Gasteiger partial charge < -0.3 is 10.3 Å². The van der Waals surface area contributed by atoms with E-state index in [1.807, 2.05) is 11.4 Å². The van der Waals surface area contributed by atoms with Gasteiger partial charge in [-0.25, -0.2) is 13.1 Å². The average Bonchev–Trinajstić information content (AvgIpc) is 3.21. The normalized spacial score (nSPS) is 14.8. The van der Waals surface area contributed by atoms with Crippen molar-refractivity contribution in [2.75, 3.05) is 13.1 Å². The van der Waals surface area contributed by atoms with Crippen LogP contribution in [0.25, 0.3) is 32.1 Å². The highest BCUT2D eigenvalue weighted by atomic mass is 32.2. The maximum Gasteiger partial charge on any atom is 0.266 e. The van der Waals surface area contributed by atoms with Gasteiger partial charge in [-0.2, -0.15) is 0 Å². The summed E-state index contributed by atoms with van der Waals surface area (Å²) in [7, 11) is -3.63. The van der Waals surface area contributed by atoms with Gasteiger partial charge in [0.25, 0.3) is 5.56 Å². The Morgan fingerprint density at radius 1 is 1.07 bits per heavy atom. The van der Waals surface area contributed by atoms with Crippen molar-refractivity contribution in [2.24, 2.45) is 5.18 Å². The fourth-order valence-corrected chi connectivity index (χ4v) is 5.70. The number of benzene rings is 2. The lowest BCUT2D eigenvalue weighted by molar-refractivity contribution is 0.410. The number of sulfonamides is 1. The summed E-state index contributed by atoms with van der Waals surface area (Å²) < 4.78 is 28.3. The van der Waals surface area contributed by atoms with Crippen molar-refractivity contribution in [3.05, 3.63) is 63.1 Å². The number of nitroso groups, excluding NO2 is 1. The second-order valence-electron chi connectivity index (χ2n) is 7.09. The molecule has 2 aromatic heterocycles. The monoisotopic (exact) mass is 440 g/mol. The minimum absolute atomic E-state index is 0.109. The zero-order chi connectivity index (χ0) is 20.9. The number of nitrogens with zero attached hydrogens (tertiary/aromatic N) is 1. The summed E-state index contributed by atoms with van der Waals surface area (Å²) in [5.41, 5.74) is 1.81. The molecule has 0 aliphatic carbocycles. The number of rotatable bonds is 5. The van der Waals surface area contributed by atoms with Crippen LogP contribution in [0.5, 0.6) is 0 Å². The van der Waals surface area contributed by atoms with Crippen molar-refractivity contribution in [1.29, 1.82) is 0 Å². The highest BCUT2D eigenvalue weighted by Crippen LogP contribution is 2.40. The van der Waals surface area contributed by atoms with Crippen molar-refractivity contribution < 1.29 is 8.42 Å². The summed E-state index contributed by atoms with van der Waals surface area (Å²) in [6.45, 7) is 1.22. The van der Waals surface area contributed by atoms with Crippen molar-refractivity contribution >= 4 is 48.0 Å². The quantitative estimate of drug-likeness (QED) is 0.412. The van der Waals surface area contributed by atoms with E-state index in [0.717, 1.165) is 5.39 Å². The number of thiophene rings is 1. The third-order valence-corrected chi connectivity index (χ3v) is 7.68. The van der Waals surface area contributed by atoms with Gasteiger partial charge in [0.05, 0.1) is 4.90 Å². The highest BCUT2D eigenvalue weighted by Gasteiger charge is 2.24. The maximum absolute atomic E-state index is 12.6. The topological polar surface area (TPSA) is 120 Å². The first-order chi connectivity index (χ1) is 14.5. The molecule has 1 aliphatic heterocycles. The van der Waals surface area contributed by atoms with Crippen LogP contribution >= 0.6 is 11.3 Å². The van der Waals surface area contributed by atoms with E-state index in [-0.39, 0.29) is 22.2 Å². The van der Waals surface area contributed by atoms with Crippen LogP contribution in [-0.4, -0.2) is 32.5 Å². The molecule has 0 amide bonds. The van der Waals surface area contributed by atoms with Crippen molar-refractivity contribution in [3.8, 4) is 11.1 Å². The molecule has 1 fully saturated rings. The maximum atomic E-state index is 12.6. The lowest BCUT2D eigenvalue weighted by Gasteiger charge is -2.27. The molecule has 10 heteroatoms. The molecule has 0 unspecified atom stereocenters. The fourth-order valence-electron chi connectivity index (χ4n) is 3.67. The van der Waals surface area contributed by atoms with E-state index in [1.54, 1.807) is 24.3 Å². The summed E-state index contributed by atoms with van der Waals surface area (Å²) in [5, 5.41) is 9.44. The Morgan fingerprint density at radius 2 is 1.83 bits per heavy atom. The molecule has 0 spiro atoms. The Morgan fingerprint density at radius 3 is 2.50 bits per heavy atom. The molecule has 1 saturated heterocycles. The molecule has 4 aromatic rings. The molecule has 2 aromatic carbocycles. The molecule has 1 aliphatic rings. The number of hydrogen-bond donors (Lipinski definition) is 3. The third-order valence-electron chi connectivity index (χ3n) is 5.23. The third kappa shape index (κ3) is 3.05. The van der Waals surface area contributed by atoms with Crippen LogP contribution < -0.4 is 15.6 Å². The Labute approximate surface area is 175 Å². The Kier molecular flexibility index (Phi) is 4.51. The number of pyridine rings is 1. The minimum atomic E-state index is -3.63. The number of nitrogens with one attached hydrogen (secondary N) is 3. The molecular formula is C20H16N4O4S2. The smallest absolute Gasteiger partial charge is 0.266 e. The highest BCUT2D eigenvalue weighted by molar-refractivity contribution is 7.89. The van der Waals surface area contributed by atoms with Gasteiger partial charge in [-0.15, -0.1) is 16.2 Å². The van der Waals surface area contributed by atoms with Gasteiger partial charge in [0.1, 0.15) is 10.4 Å². The van der Waals surface area contributed by atoms with E-state index in [2.05, 4.69) is 20.2 Å². The number of aromatic nitrogens is 1. The van der Waals surface area contributed by atoms with Gasteiger partial charge >= 0.3 is 0 Å². The summed E-state index contributed by atoms with van der Waals surface area (Å²) in [4.78, 5) is 26.9. The summed E-state index contributed by atoms with van der Waals surface area (Å²) in [6, 6.07) is 11.3. The van der Waals surface area contributed by atoms with Gasteiger partial charge in [0.2, 0.25) is 10.0 Å². The number of aromatic amines is 1. The SMILES string of the molecule is O=Nc1ccc2[nH]c(=O)c3sccc3c2c1-c1ccc(S(=O)(=O)NC2CNC2)cc1. The van der Waals surface area contributed by atoms with E-state index >= 15 is 0 Å². The first kappa shape index (κ1) is 19.1. The Bertz CT molecular complexity index is 1450. The van der Waals surface area contributed by atoms with E-state index in [9.17, 15) is 18.1 Å². The molecule has 0 saturated carbocycles. The van der Waals surface area contributed by atoms with E-state index < -0.39 is 10.0 Å². The first-order valence-electron chi connectivity index (χ1n) is 9.21.